The summed E-state index contributed by atoms with van der Waals surface area (Å²) in [5, 5.41) is -4.07. The van der Waals surface area contributed by atoms with Gasteiger partial charge in [0, 0.05) is 12.5 Å². The van der Waals surface area contributed by atoms with Gasteiger partial charge in [0.1, 0.15) is 0 Å². The fourth-order valence-electron chi connectivity index (χ4n) is 2.97. The van der Waals surface area contributed by atoms with Crippen LogP contribution < -0.4 is 5.32 Å². The van der Waals surface area contributed by atoms with Crippen LogP contribution in [0.4, 0.5) is 35.1 Å². The van der Waals surface area contributed by atoms with Crippen molar-refractivity contribution in [3.63, 3.8) is 0 Å². The molecule has 1 rings (SSSR count). The molecule has 0 bridgehead atoms. The van der Waals surface area contributed by atoms with Crippen LogP contribution in [-0.2, 0) is 29.2 Å². The van der Waals surface area contributed by atoms with E-state index in [9.17, 15) is 53.1 Å². The Bertz CT molecular complexity index is 872. The van der Waals surface area contributed by atoms with Crippen LogP contribution in [0.2, 0.25) is 0 Å². The Morgan fingerprint density at radius 2 is 1.56 bits per heavy atom. The Kier molecular flexibility index (Phi) is 9.47. The van der Waals surface area contributed by atoms with Gasteiger partial charge in [-0.2, -0.15) is 43.5 Å². The van der Waals surface area contributed by atoms with E-state index in [0.29, 0.717) is 12.8 Å². The molecule has 0 radical (unpaired) electrons. The van der Waals surface area contributed by atoms with Crippen molar-refractivity contribution in [3.05, 3.63) is 12.4 Å². The van der Waals surface area contributed by atoms with E-state index < -0.39 is 76.5 Å². The highest BCUT2D eigenvalue weighted by Gasteiger charge is 2.67. The van der Waals surface area contributed by atoms with Gasteiger partial charge in [-0.3, -0.25) is 9.35 Å². The Labute approximate surface area is 188 Å². The molecule has 0 saturated heterocycles. The number of alkyl halides is 7. The monoisotopic (exact) mass is 535 g/mol. The summed E-state index contributed by atoms with van der Waals surface area (Å²) < 4.78 is 145. The molecule has 1 amide bonds. The summed E-state index contributed by atoms with van der Waals surface area (Å²) in [4.78, 5) is 23.9. The van der Waals surface area contributed by atoms with Crippen LogP contribution in [0.3, 0.4) is 0 Å². The van der Waals surface area contributed by atoms with E-state index in [-0.39, 0.29) is 12.8 Å². The summed E-state index contributed by atoms with van der Waals surface area (Å²) in [6.07, 6.45) is -7.22. The molecule has 198 valence electrons. The van der Waals surface area contributed by atoms with Crippen molar-refractivity contribution < 1.29 is 67.2 Å². The number of carbonyl (C=O) groups excluding carboxylic acids is 2. The summed E-state index contributed by atoms with van der Waals surface area (Å²) in [7, 11) is -6.59. The molecule has 1 saturated carbocycles. The third-order valence-corrected chi connectivity index (χ3v) is 5.71. The van der Waals surface area contributed by atoms with Crippen LogP contribution >= 0.6 is 0 Å². The molecule has 1 unspecified atom stereocenters. The number of nitrogens with one attached hydrogen (secondary N) is 1. The summed E-state index contributed by atoms with van der Waals surface area (Å²) in [6, 6.07) is -0.823. The Hall–Kier alpha value is -2.01. The molecule has 1 aliphatic carbocycles. The first-order valence-electron chi connectivity index (χ1n) is 9.60. The van der Waals surface area contributed by atoms with Crippen molar-refractivity contribution in [1.29, 1.82) is 0 Å². The number of hydrogen-bond donors (Lipinski definition) is 2. The van der Waals surface area contributed by atoms with Gasteiger partial charge in [-0.05, 0) is 19.3 Å². The van der Waals surface area contributed by atoms with E-state index >= 15 is 0 Å². The maximum absolute atomic E-state index is 13.8. The van der Waals surface area contributed by atoms with Crippen LogP contribution in [-0.4, -0.2) is 60.6 Å². The van der Waals surface area contributed by atoms with E-state index in [1.807, 2.05) is 5.32 Å². The van der Waals surface area contributed by atoms with Gasteiger partial charge in [0.05, 0.1) is 6.61 Å². The van der Waals surface area contributed by atoms with Gasteiger partial charge in [-0.15, -0.1) is 0 Å². The molecule has 0 aromatic heterocycles. The molecule has 0 heterocycles. The van der Waals surface area contributed by atoms with Crippen LogP contribution in [0, 0.1) is 0 Å². The first-order chi connectivity index (χ1) is 15.3. The molecular formula is C17H21F8NO7S. The summed E-state index contributed by atoms with van der Waals surface area (Å²) in [6.45, 7) is 0.806. The molecule has 34 heavy (non-hydrogen) atoms. The SMILES string of the molecule is C=C(F)C(=O)OC(OCCCC(F)(F)C(F)(F)S(=O)(=O)O)(C(=O)NC1CCCCC1)C(F)(F)F. The number of rotatable bonds is 11. The second-order valence-corrected chi connectivity index (χ2v) is 8.83. The van der Waals surface area contributed by atoms with E-state index in [2.05, 4.69) is 16.1 Å². The molecule has 1 atom stereocenters. The van der Waals surface area contributed by atoms with Gasteiger partial charge in [-0.1, -0.05) is 25.8 Å². The Morgan fingerprint density at radius 3 is 2.00 bits per heavy atom. The molecule has 0 aromatic rings. The molecule has 17 heteroatoms. The average molecular weight is 535 g/mol. The molecule has 2 N–H and O–H groups in total. The topological polar surface area (TPSA) is 119 Å². The summed E-state index contributed by atoms with van der Waals surface area (Å²) in [5.41, 5.74) is 0. The predicted molar refractivity (Wildman–Crippen MR) is 96.8 cm³/mol. The number of amides is 1. The number of hydrogen-bond acceptors (Lipinski definition) is 6. The fourth-order valence-corrected chi connectivity index (χ4v) is 3.45. The highest BCUT2D eigenvalue weighted by atomic mass is 32.2. The maximum atomic E-state index is 13.8. The third kappa shape index (κ3) is 6.78. The smallest absolute Gasteiger partial charge is 0.410 e. The second kappa shape index (κ2) is 10.7. The lowest BCUT2D eigenvalue weighted by Crippen LogP contribution is -2.63. The largest absolute Gasteiger partial charge is 0.466 e. The zero-order valence-corrected chi connectivity index (χ0v) is 18.1. The average Bonchev–Trinajstić information content (AvgIpc) is 2.68. The minimum absolute atomic E-state index is 0.236. The minimum Gasteiger partial charge on any atom is -0.410 e. The minimum atomic E-state index is -6.59. The van der Waals surface area contributed by atoms with Gasteiger partial charge in [-0.25, -0.2) is 4.79 Å². The standard InChI is InChI=1S/C17H21F8NO7S/c1-10(18)12(27)33-15(16(21,22)23,13(28)26-11-6-3-2-4-7-11)32-9-5-8-14(19,20)17(24,25)34(29,30)31/h11H,1-9H2,(H,26,28)(H,29,30,31). The first kappa shape index (κ1) is 30.0. The summed E-state index contributed by atoms with van der Waals surface area (Å²) in [5.74, 6) is -16.6. The molecule has 0 spiro atoms. The molecule has 0 aromatic carbocycles. The van der Waals surface area contributed by atoms with E-state index in [0.717, 1.165) is 6.42 Å². The number of ether oxygens (including phenoxy) is 2. The lowest BCUT2D eigenvalue weighted by atomic mass is 9.95. The van der Waals surface area contributed by atoms with Gasteiger partial charge in [0.15, 0.2) is 0 Å². The van der Waals surface area contributed by atoms with E-state index in [1.165, 1.54) is 0 Å². The van der Waals surface area contributed by atoms with Crippen LogP contribution in [0.1, 0.15) is 44.9 Å². The van der Waals surface area contributed by atoms with Gasteiger partial charge in [0.2, 0.25) is 5.83 Å². The molecule has 1 fully saturated rings. The highest BCUT2D eigenvalue weighted by molar-refractivity contribution is 7.87. The fraction of sp³-hybridized carbons (Fsp3) is 0.765. The molecule has 8 nitrogen and oxygen atoms in total. The van der Waals surface area contributed by atoms with Crippen LogP contribution in [0.15, 0.2) is 12.4 Å². The van der Waals surface area contributed by atoms with Crippen molar-refractivity contribution in [2.24, 2.45) is 0 Å². The van der Waals surface area contributed by atoms with Crippen LogP contribution in [0.25, 0.3) is 0 Å². The quantitative estimate of drug-likeness (QED) is 0.104. The molecular weight excluding hydrogens is 514 g/mol. The predicted octanol–water partition coefficient (Wildman–Crippen LogP) is 3.63. The van der Waals surface area contributed by atoms with Crippen LogP contribution in [0.5, 0.6) is 0 Å². The van der Waals surface area contributed by atoms with E-state index in [4.69, 9.17) is 4.55 Å². The zero-order valence-electron chi connectivity index (χ0n) is 17.3. The second-order valence-electron chi connectivity index (χ2n) is 7.37. The van der Waals surface area contributed by atoms with Gasteiger partial charge >= 0.3 is 45.1 Å². The first-order valence-corrected chi connectivity index (χ1v) is 11.0. The van der Waals surface area contributed by atoms with Crippen molar-refractivity contribution >= 4 is 22.0 Å². The highest BCUT2D eigenvalue weighted by Crippen LogP contribution is 2.42. The van der Waals surface area contributed by atoms with Gasteiger partial charge in [0.25, 0.3) is 0 Å². The number of halogens is 8. The van der Waals surface area contributed by atoms with Crippen molar-refractivity contribution in [1.82, 2.24) is 5.32 Å². The maximum Gasteiger partial charge on any atom is 0.466 e. The number of esters is 1. The Balaban J connectivity index is 3.13. The zero-order chi connectivity index (χ0) is 26.6. The van der Waals surface area contributed by atoms with Crippen molar-refractivity contribution in [2.75, 3.05) is 6.61 Å². The number of carbonyl (C=O) groups is 2. The lowest BCUT2D eigenvalue weighted by Gasteiger charge is -2.35. The Morgan fingerprint density at radius 1 is 1.03 bits per heavy atom. The van der Waals surface area contributed by atoms with E-state index in [1.54, 1.807) is 0 Å². The molecule has 0 aliphatic heterocycles. The third-order valence-electron chi connectivity index (χ3n) is 4.76. The van der Waals surface area contributed by atoms with Crippen molar-refractivity contribution in [2.45, 2.75) is 74.1 Å². The normalized spacial score (nSPS) is 18.1. The summed E-state index contributed by atoms with van der Waals surface area (Å²) >= 11 is 0. The van der Waals surface area contributed by atoms with Gasteiger partial charge < -0.3 is 14.8 Å². The molecule has 1 aliphatic rings. The lowest BCUT2D eigenvalue weighted by molar-refractivity contribution is -0.348. The van der Waals surface area contributed by atoms with Crippen molar-refractivity contribution in [3.8, 4) is 0 Å².